The average Bonchev–Trinajstić information content (AvgIpc) is 2.79. The zero-order valence-electron chi connectivity index (χ0n) is 18.9. The second-order valence-electron chi connectivity index (χ2n) is 8.22. The number of piperidine rings is 1. The van der Waals surface area contributed by atoms with Gasteiger partial charge in [0.2, 0.25) is 15.9 Å². The fourth-order valence-corrected chi connectivity index (χ4v) is 5.46. The van der Waals surface area contributed by atoms with Crippen molar-refractivity contribution in [3.05, 3.63) is 59.4 Å². The van der Waals surface area contributed by atoms with E-state index in [1.54, 1.807) is 49.1 Å². The first kappa shape index (κ1) is 24.5. The molecule has 2 aromatic carbocycles. The summed E-state index contributed by atoms with van der Waals surface area (Å²) in [6, 6.07) is 13.0. The minimum absolute atomic E-state index is 0.0369. The summed E-state index contributed by atoms with van der Waals surface area (Å²) in [6.45, 7) is 4.72. The van der Waals surface area contributed by atoms with Crippen molar-refractivity contribution in [1.29, 1.82) is 5.26 Å². The summed E-state index contributed by atoms with van der Waals surface area (Å²) in [6.07, 6.45) is 1.99. The zero-order chi connectivity index (χ0) is 24.0. The minimum Gasteiger partial charge on any atom is -0.381 e. The van der Waals surface area contributed by atoms with Crippen molar-refractivity contribution in [2.24, 2.45) is 0 Å². The first-order chi connectivity index (χ1) is 15.7. The predicted octanol–water partition coefficient (Wildman–Crippen LogP) is 3.87. The molecule has 33 heavy (non-hydrogen) atoms. The number of anilines is 2. The van der Waals surface area contributed by atoms with E-state index in [0.717, 1.165) is 12.8 Å². The number of carbonyl (C=O) groups excluding carboxylic acids is 1. The van der Waals surface area contributed by atoms with Gasteiger partial charge in [0.1, 0.15) is 11.9 Å². The normalized spacial score (nSPS) is 14.5. The van der Waals surface area contributed by atoms with Crippen LogP contribution in [-0.4, -0.2) is 44.1 Å². The Bertz CT molecular complexity index is 1120. The van der Waals surface area contributed by atoms with Gasteiger partial charge in [0, 0.05) is 26.1 Å². The SMILES string of the molecule is CCCS(=O)(=O)N(Cc1ccc(F)cc1)c1ccc(NC2CCN(C(C)=O)CC2)c(C#N)c1. The Kier molecular flexibility index (Phi) is 7.92. The average molecular weight is 473 g/mol. The third kappa shape index (κ3) is 6.23. The van der Waals surface area contributed by atoms with Gasteiger partial charge in [-0.25, -0.2) is 12.8 Å². The minimum atomic E-state index is -3.64. The number of carbonyl (C=O) groups is 1. The van der Waals surface area contributed by atoms with E-state index >= 15 is 0 Å². The quantitative estimate of drug-likeness (QED) is 0.630. The van der Waals surface area contributed by atoms with E-state index in [1.165, 1.54) is 16.4 Å². The Morgan fingerprint density at radius 1 is 1.21 bits per heavy atom. The molecular weight excluding hydrogens is 443 g/mol. The van der Waals surface area contributed by atoms with Gasteiger partial charge in [-0.15, -0.1) is 0 Å². The van der Waals surface area contributed by atoms with Crippen LogP contribution in [0.15, 0.2) is 42.5 Å². The van der Waals surface area contributed by atoms with Crippen LogP contribution in [-0.2, 0) is 21.4 Å². The fourth-order valence-electron chi connectivity index (χ4n) is 3.94. The molecule has 0 unspecified atom stereocenters. The molecule has 0 bridgehead atoms. The van der Waals surface area contributed by atoms with Gasteiger partial charge in [0.25, 0.3) is 0 Å². The number of nitrogens with zero attached hydrogens (tertiary/aromatic N) is 3. The van der Waals surface area contributed by atoms with Crippen LogP contribution >= 0.6 is 0 Å². The molecule has 1 aliphatic rings. The highest BCUT2D eigenvalue weighted by Gasteiger charge is 2.25. The first-order valence-corrected chi connectivity index (χ1v) is 12.7. The molecular formula is C24H29FN4O3S. The van der Waals surface area contributed by atoms with Crippen molar-refractivity contribution >= 4 is 27.3 Å². The lowest BCUT2D eigenvalue weighted by molar-refractivity contribution is -0.129. The van der Waals surface area contributed by atoms with E-state index in [-0.39, 0.29) is 24.2 Å². The lowest BCUT2D eigenvalue weighted by atomic mass is 10.0. The summed E-state index contributed by atoms with van der Waals surface area (Å²) in [4.78, 5) is 13.3. The third-order valence-corrected chi connectivity index (χ3v) is 7.68. The van der Waals surface area contributed by atoms with Gasteiger partial charge in [-0.1, -0.05) is 19.1 Å². The lowest BCUT2D eigenvalue weighted by Crippen LogP contribution is -2.41. The second kappa shape index (κ2) is 10.7. The van der Waals surface area contributed by atoms with E-state index in [0.29, 0.717) is 42.0 Å². The Morgan fingerprint density at radius 3 is 2.45 bits per heavy atom. The lowest BCUT2D eigenvalue weighted by Gasteiger charge is -2.32. The van der Waals surface area contributed by atoms with E-state index in [1.807, 2.05) is 0 Å². The Balaban J connectivity index is 1.85. The molecule has 9 heteroatoms. The van der Waals surface area contributed by atoms with E-state index in [4.69, 9.17) is 0 Å². The molecule has 0 atom stereocenters. The maximum atomic E-state index is 13.3. The number of hydrogen-bond donors (Lipinski definition) is 1. The summed E-state index contributed by atoms with van der Waals surface area (Å²) >= 11 is 0. The summed E-state index contributed by atoms with van der Waals surface area (Å²) in [5, 5.41) is 13.1. The van der Waals surface area contributed by atoms with Gasteiger partial charge < -0.3 is 10.2 Å². The van der Waals surface area contributed by atoms with Crippen LogP contribution < -0.4 is 9.62 Å². The summed E-state index contributed by atoms with van der Waals surface area (Å²) in [7, 11) is -3.64. The number of benzene rings is 2. The van der Waals surface area contributed by atoms with Crippen LogP contribution in [0.5, 0.6) is 0 Å². The number of hydrogen-bond acceptors (Lipinski definition) is 5. The molecule has 1 aliphatic heterocycles. The maximum Gasteiger partial charge on any atom is 0.235 e. The number of halogens is 1. The number of rotatable bonds is 8. The number of likely N-dealkylation sites (tertiary alicyclic amines) is 1. The number of nitrogens with one attached hydrogen (secondary N) is 1. The summed E-state index contributed by atoms with van der Waals surface area (Å²) < 4.78 is 40.6. The van der Waals surface area contributed by atoms with Gasteiger partial charge in [-0.05, 0) is 55.2 Å². The van der Waals surface area contributed by atoms with Crippen molar-refractivity contribution in [2.75, 3.05) is 28.5 Å². The summed E-state index contributed by atoms with van der Waals surface area (Å²) in [5.74, 6) is -0.367. The Hall–Kier alpha value is -3.12. The second-order valence-corrected chi connectivity index (χ2v) is 10.2. The van der Waals surface area contributed by atoms with Crippen molar-refractivity contribution in [1.82, 2.24) is 4.90 Å². The molecule has 0 saturated carbocycles. The van der Waals surface area contributed by atoms with Crippen LogP contribution in [0.3, 0.4) is 0 Å². The highest BCUT2D eigenvalue weighted by Crippen LogP contribution is 2.28. The van der Waals surface area contributed by atoms with E-state index < -0.39 is 15.8 Å². The van der Waals surface area contributed by atoms with Gasteiger partial charge >= 0.3 is 0 Å². The van der Waals surface area contributed by atoms with Crippen molar-refractivity contribution < 1.29 is 17.6 Å². The van der Waals surface area contributed by atoms with Crippen LogP contribution in [0.1, 0.15) is 44.2 Å². The smallest absolute Gasteiger partial charge is 0.235 e. The number of nitriles is 1. The monoisotopic (exact) mass is 472 g/mol. The first-order valence-electron chi connectivity index (χ1n) is 11.0. The molecule has 1 amide bonds. The topological polar surface area (TPSA) is 93.5 Å². The molecule has 0 spiro atoms. The fraction of sp³-hybridized carbons (Fsp3) is 0.417. The molecule has 7 nitrogen and oxygen atoms in total. The van der Waals surface area contributed by atoms with Gasteiger partial charge in [0.15, 0.2) is 0 Å². The van der Waals surface area contributed by atoms with E-state index in [2.05, 4.69) is 11.4 Å². The van der Waals surface area contributed by atoms with Gasteiger partial charge in [-0.3, -0.25) is 9.10 Å². The molecule has 0 aromatic heterocycles. The Morgan fingerprint density at radius 2 is 1.88 bits per heavy atom. The van der Waals surface area contributed by atoms with Crippen LogP contribution in [0.4, 0.5) is 15.8 Å². The highest BCUT2D eigenvalue weighted by molar-refractivity contribution is 7.92. The van der Waals surface area contributed by atoms with Crippen LogP contribution in [0.25, 0.3) is 0 Å². The van der Waals surface area contributed by atoms with E-state index in [9.17, 15) is 22.9 Å². The Labute approximate surface area is 194 Å². The van der Waals surface area contributed by atoms with Crippen molar-refractivity contribution in [3.63, 3.8) is 0 Å². The molecule has 0 aliphatic carbocycles. The molecule has 176 valence electrons. The van der Waals surface area contributed by atoms with Gasteiger partial charge in [0.05, 0.1) is 29.2 Å². The van der Waals surface area contributed by atoms with Crippen LogP contribution in [0.2, 0.25) is 0 Å². The molecule has 1 fully saturated rings. The predicted molar refractivity (Wildman–Crippen MR) is 127 cm³/mol. The number of amides is 1. The standard InChI is InChI=1S/C24H29FN4O3S/c1-3-14-33(31,32)29(17-19-4-6-21(25)7-5-19)23-8-9-24(20(15-23)16-26)27-22-10-12-28(13-11-22)18(2)30/h4-9,15,22,27H,3,10-14,17H2,1-2H3. The molecule has 1 heterocycles. The van der Waals surface area contributed by atoms with Crippen LogP contribution in [0, 0.1) is 17.1 Å². The summed E-state index contributed by atoms with van der Waals surface area (Å²) in [5.41, 5.74) is 2.02. The molecule has 3 rings (SSSR count). The third-order valence-electron chi connectivity index (χ3n) is 5.75. The molecule has 0 radical (unpaired) electrons. The molecule has 1 saturated heterocycles. The number of sulfonamides is 1. The molecule has 2 aromatic rings. The van der Waals surface area contributed by atoms with Gasteiger partial charge in [-0.2, -0.15) is 5.26 Å². The zero-order valence-corrected chi connectivity index (χ0v) is 19.7. The highest BCUT2D eigenvalue weighted by atomic mass is 32.2. The molecule has 1 N–H and O–H groups in total. The largest absolute Gasteiger partial charge is 0.381 e. The van der Waals surface area contributed by atoms with Crippen molar-refractivity contribution in [3.8, 4) is 6.07 Å². The van der Waals surface area contributed by atoms with Crippen molar-refractivity contribution in [2.45, 2.75) is 45.7 Å². The maximum absolute atomic E-state index is 13.3.